The molecule has 0 saturated carbocycles. The van der Waals surface area contributed by atoms with E-state index >= 15 is 0 Å². The van der Waals surface area contributed by atoms with E-state index in [-0.39, 0.29) is 24.6 Å². The summed E-state index contributed by atoms with van der Waals surface area (Å²) in [5.74, 6) is 0.163. The van der Waals surface area contributed by atoms with Crippen LogP contribution in [0.3, 0.4) is 0 Å². The van der Waals surface area contributed by atoms with Gasteiger partial charge >= 0.3 is 5.97 Å². The molecule has 0 spiro atoms. The summed E-state index contributed by atoms with van der Waals surface area (Å²) in [7, 11) is 0. The molecule has 1 aliphatic heterocycles. The number of esters is 1. The molecule has 1 N–H and O–H groups in total. The second kappa shape index (κ2) is 8.75. The maximum atomic E-state index is 11.5. The summed E-state index contributed by atoms with van der Waals surface area (Å²) in [6.07, 6.45) is 9.80. The Balaban J connectivity index is 2.57. The highest BCUT2D eigenvalue weighted by atomic mass is 16.5. The van der Waals surface area contributed by atoms with Crippen molar-refractivity contribution >= 4 is 5.97 Å². The van der Waals surface area contributed by atoms with Gasteiger partial charge in [0.05, 0.1) is 6.42 Å². The molecule has 0 radical (unpaired) electrons. The van der Waals surface area contributed by atoms with Crippen molar-refractivity contribution in [1.82, 2.24) is 0 Å². The smallest absolute Gasteiger partial charge is 0.306 e. The highest BCUT2D eigenvalue weighted by molar-refractivity contribution is 5.72. The van der Waals surface area contributed by atoms with Gasteiger partial charge < -0.3 is 9.84 Å². The third kappa shape index (κ3) is 5.74. The number of cyclic esters (lactones) is 1. The van der Waals surface area contributed by atoms with Gasteiger partial charge in [-0.25, -0.2) is 0 Å². The number of carbonyl (C=O) groups is 1. The maximum absolute atomic E-state index is 11.5. The zero-order valence-corrected chi connectivity index (χ0v) is 12.6. The average Bonchev–Trinajstić information content (AvgIpc) is 2.74. The van der Waals surface area contributed by atoms with Crippen LogP contribution in [0.1, 0.15) is 46.0 Å². The SMILES string of the molecule is C=C/C=C(\C)CCC1CC(=O)OC1/C=C(\C)CCCO. The maximum Gasteiger partial charge on any atom is 0.306 e. The molecule has 2 atom stereocenters. The molecule has 1 rings (SSSR count). The van der Waals surface area contributed by atoms with Gasteiger partial charge in [-0.05, 0) is 45.6 Å². The third-order valence-electron chi connectivity index (χ3n) is 3.65. The molecule has 2 unspecified atom stereocenters. The lowest BCUT2D eigenvalue weighted by Crippen LogP contribution is -2.14. The molecule has 1 saturated heterocycles. The van der Waals surface area contributed by atoms with Gasteiger partial charge in [-0.15, -0.1) is 0 Å². The zero-order valence-electron chi connectivity index (χ0n) is 12.6. The Kier molecular flexibility index (Phi) is 7.31. The summed E-state index contributed by atoms with van der Waals surface area (Å²) in [4.78, 5) is 11.5. The minimum absolute atomic E-state index is 0.0993. The molecule has 112 valence electrons. The van der Waals surface area contributed by atoms with Crippen LogP contribution in [0.25, 0.3) is 0 Å². The zero-order chi connectivity index (χ0) is 15.0. The van der Waals surface area contributed by atoms with E-state index < -0.39 is 0 Å². The first kappa shape index (κ1) is 16.7. The monoisotopic (exact) mass is 278 g/mol. The number of hydrogen-bond acceptors (Lipinski definition) is 3. The Morgan fingerprint density at radius 3 is 2.80 bits per heavy atom. The first-order valence-corrected chi connectivity index (χ1v) is 7.32. The van der Waals surface area contributed by atoms with E-state index in [9.17, 15) is 4.79 Å². The molecular formula is C17H26O3. The molecule has 3 nitrogen and oxygen atoms in total. The van der Waals surface area contributed by atoms with Crippen LogP contribution in [0.4, 0.5) is 0 Å². The first-order valence-electron chi connectivity index (χ1n) is 7.32. The van der Waals surface area contributed by atoms with E-state index in [1.807, 2.05) is 13.0 Å². The topological polar surface area (TPSA) is 46.5 Å². The van der Waals surface area contributed by atoms with Gasteiger partial charge in [0.1, 0.15) is 6.10 Å². The molecule has 0 bridgehead atoms. The Morgan fingerprint density at radius 2 is 2.15 bits per heavy atom. The minimum Gasteiger partial charge on any atom is -0.458 e. The summed E-state index contributed by atoms with van der Waals surface area (Å²) in [6.45, 7) is 8.00. The van der Waals surface area contributed by atoms with Crippen molar-refractivity contribution in [3.8, 4) is 0 Å². The molecule has 1 aliphatic rings. The first-order chi connectivity index (χ1) is 9.56. The Morgan fingerprint density at radius 1 is 1.40 bits per heavy atom. The Labute approximate surface area is 122 Å². The van der Waals surface area contributed by atoms with E-state index in [4.69, 9.17) is 9.84 Å². The number of ether oxygens (including phenoxy) is 1. The molecule has 0 aromatic carbocycles. The van der Waals surface area contributed by atoms with Crippen molar-refractivity contribution in [2.24, 2.45) is 5.92 Å². The van der Waals surface area contributed by atoms with Crippen LogP contribution in [0.15, 0.2) is 36.0 Å². The summed E-state index contributed by atoms with van der Waals surface area (Å²) >= 11 is 0. The molecule has 3 heteroatoms. The quantitative estimate of drug-likeness (QED) is 0.419. The van der Waals surface area contributed by atoms with Crippen molar-refractivity contribution in [3.05, 3.63) is 36.0 Å². The lowest BCUT2D eigenvalue weighted by Gasteiger charge is -2.15. The molecule has 0 aromatic heterocycles. The highest BCUT2D eigenvalue weighted by Gasteiger charge is 2.32. The largest absolute Gasteiger partial charge is 0.458 e. The number of aliphatic hydroxyl groups is 1. The summed E-state index contributed by atoms with van der Waals surface area (Å²) in [6, 6.07) is 0. The van der Waals surface area contributed by atoms with Crippen LogP contribution in [-0.4, -0.2) is 23.8 Å². The molecule has 1 heterocycles. The number of aliphatic hydroxyl groups excluding tert-OH is 1. The molecular weight excluding hydrogens is 252 g/mol. The van der Waals surface area contributed by atoms with E-state index in [1.165, 1.54) is 11.1 Å². The number of allylic oxidation sites excluding steroid dienone is 4. The van der Waals surface area contributed by atoms with E-state index in [2.05, 4.69) is 19.6 Å². The van der Waals surface area contributed by atoms with Gasteiger partial charge in [-0.2, -0.15) is 0 Å². The van der Waals surface area contributed by atoms with Crippen LogP contribution in [0, 0.1) is 5.92 Å². The lowest BCUT2D eigenvalue weighted by molar-refractivity contribution is -0.140. The molecule has 0 amide bonds. The van der Waals surface area contributed by atoms with Crippen molar-refractivity contribution in [1.29, 1.82) is 0 Å². The fraction of sp³-hybridized carbons (Fsp3) is 0.588. The van der Waals surface area contributed by atoms with E-state index in [1.54, 1.807) is 6.08 Å². The van der Waals surface area contributed by atoms with Crippen LogP contribution in [0.2, 0.25) is 0 Å². The van der Waals surface area contributed by atoms with Crippen LogP contribution < -0.4 is 0 Å². The molecule has 1 fully saturated rings. The predicted molar refractivity (Wildman–Crippen MR) is 81.3 cm³/mol. The van der Waals surface area contributed by atoms with Gasteiger partial charge in [0, 0.05) is 12.5 Å². The van der Waals surface area contributed by atoms with Crippen LogP contribution in [-0.2, 0) is 9.53 Å². The summed E-state index contributed by atoms with van der Waals surface area (Å²) in [5.41, 5.74) is 2.46. The second-order valence-corrected chi connectivity index (χ2v) is 5.55. The normalized spacial score (nSPS) is 23.9. The lowest BCUT2D eigenvalue weighted by atomic mass is 9.92. The fourth-order valence-electron chi connectivity index (χ4n) is 2.48. The van der Waals surface area contributed by atoms with Gasteiger partial charge in [0.2, 0.25) is 0 Å². The summed E-state index contributed by atoms with van der Waals surface area (Å²) < 4.78 is 5.40. The standard InChI is InChI=1S/C17H26O3/c1-4-6-13(2)8-9-15-12-17(19)20-16(15)11-14(3)7-5-10-18/h4,6,11,15-16,18H,1,5,7-10,12H2,2-3H3/b13-6+,14-11+. The van der Waals surface area contributed by atoms with Crippen molar-refractivity contribution in [2.45, 2.75) is 52.1 Å². The highest BCUT2D eigenvalue weighted by Crippen LogP contribution is 2.29. The second-order valence-electron chi connectivity index (χ2n) is 5.55. The number of hydrogen-bond donors (Lipinski definition) is 1. The molecule has 0 aliphatic carbocycles. The Bertz CT molecular complexity index is 393. The van der Waals surface area contributed by atoms with Crippen molar-refractivity contribution in [2.75, 3.05) is 6.61 Å². The third-order valence-corrected chi connectivity index (χ3v) is 3.65. The Hall–Kier alpha value is -1.35. The van der Waals surface area contributed by atoms with Crippen LogP contribution >= 0.6 is 0 Å². The predicted octanol–water partition coefficient (Wildman–Crippen LogP) is 3.55. The number of rotatable bonds is 8. The molecule has 0 aromatic rings. The van der Waals surface area contributed by atoms with Gasteiger partial charge in [0.15, 0.2) is 0 Å². The van der Waals surface area contributed by atoms with E-state index in [0.29, 0.717) is 6.42 Å². The minimum atomic E-state index is -0.100. The van der Waals surface area contributed by atoms with Gasteiger partial charge in [-0.3, -0.25) is 4.79 Å². The van der Waals surface area contributed by atoms with Crippen molar-refractivity contribution < 1.29 is 14.6 Å². The van der Waals surface area contributed by atoms with Crippen molar-refractivity contribution in [3.63, 3.8) is 0 Å². The summed E-state index contributed by atoms with van der Waals surface area (Å²) in [5, 5.41) is 8.84. The molecule has 20 heavy (non-hydrogen) atoms. The van der Waals surface area contributed by atoms with Gasteiger partial charge in [0.25, 0.3) is 0 Å². The average molecular weight is 278 g/mol. The number of carbonyl (C=O) groups excluding carboxylic acids is 1. The van der Waals surface area contributed by atoms with E-state index in [0.717, 1.165) is 25.7 Å². The van der Waals surface area contributed by atoms with Crippen LogP contribution in [0.5, 0.6) is 0 Å². The fourth-order valence-corrected chi connectivity index (χ4v) is 2.48. The van der Waals surface area contributed by atoms with Gasteiger partial charge in [-0.1, -0.05) is 29.9 Å².